The summed E-state index contributed by atoms with van der Waals surface area (Å²) in [6.45, 7) is 1.82. The first-order chi connectivity index (χ1) is 9.51. The molecule has 20 heavy (non-hydrogen) atoms. The molecule has 0 atom stereocenters. The predicted octanol–water partition coefficient (Wildman–Crippen LogP) is 2.43. The molecule has 2 rings (SSSR count). The van der Waals surface area contributed by atoms with Gasteiger partial charge in [-0.25, -0.2) is 14.2 Å². The molecule has 0 saturated heterocycles. The van der Waals surface area contributed by atoms with Gasteiger partial charge in [0, 0.05) is 23.9 Å². The van der Waals surface area contributed by atoms with Crippen LogP contribution in [0.15, 0.2) is 30.7 Å². The minimum atomic E-state index is -1.14. The van der Waals surface area contributed by atoms with Gasteiger partial charge in [0.1, 0.15) is 11.6 Å². The average Bonchev–Trinajstić information content (AvgIpc) is 2.83. The van der Waals surface area contributed by atoms with E-state index in [2.05, 4.69) is 4.98 Å². The van der Waals surface area contributed by atoms with E-state index in [0.29, 0.717) is 11.4 Å². The van der Waals surface area contributed by atoms with E-state index in [-0.39, 0.29) is 5.56 Å². The van der Waals surface area contributed by atoms with E-state index < -0.39 is 11.8 Å². The SMILES string of the molecule is COc1cc(C=CC(=O)O)c(F)cc1-n1cnc(C)c1. The minimum absolute atomic E-state index is 0.143. The van der Waals surface area contributed by atoms with Crippen molar-refractivity contribution in [2.45, 2.75) is 6.92 Å². The number of benzene rings is 1. The van der Waals surface area contributed by atoms with E-state index in [0.717, 1.165) is 11.8 Å². The number of hydrogen-bond donors (Lipinski definition) is 1. The fraction of sp³-hybridized carbons (Fsp3) is 0.143. The van der Waals surface area contributed by atoms with Gasteiger partial charge >= 0.3 is 5.97 Å². The highest BCUT2D eigenvalue weighted by Crippen LogP contribution is 2.27. The normalized spacial score (nSPS) is 10.9. The van der Waals surface area contributed by atoms with Crippen LogP contribution in [-0.2, 0) is 4.79 Å². The number of nitrogens with zero attached hydrogens (tertiary/aromatic N) is 2. The number of carbonyl (C=O) groups is 1. The lowest BCUT2D eigenvalue weighted by molar-refractivity contribution is -0.131. The number of halogens is 1. The van der Waals surface area contributed by atoms with Crippen LogP contribution in [0.3, 0.4) is 0 Å². The van der Waals surface area contributed by atoms with Crippen molar-refractivity contribution in [1.29, 1.82) is 0 Å². The van der Waals surface area contributed by atoms with Gasteiger partial charge in [-0.05, 0) is 19.1 Å². The molecule has 1 aromatic heterocycles. The third-order valence-electron chi connectivity index (χ3n) is 2.69. The zero-order valence-electron chi connectivity index (χ0n) is 11.0. The molecule has 0 aliphatic carbocycles. The van der Waals surface area contributed by atoms with Crippen LogP contribution in [0, 0.1) is 12.7 Å². The molecule has 6 heteroatoms. The lowest BCUT2D eigenvalue weighted by atomic mass is 10.1. The summed E-state index contributed by atoms with van der Waals surface area (Å²) in [6.07, 6.45) is 5.35. The Morgan fingerprint density at radius 2 is 2.25 bits per heavy atom. The molecule has 0 radical (unpaired) electrons. The van der Waals surface area contributed by atoms with Gasteiger partial charge < -0.3 is 14.4 Å². The number of aryl methyl sites for hydroxylation is 1. The summed E-state index contributed by atoms with van der Waals surface area (Å²) in [4.78, 5) is 14.5. The number of carboxylic acids is 1. The van der Waals surface area contributed by atoms with Crippen molar-refractivity contribution in [1.82, 2.24) is 9.55 Å². The summed E-state index contributed by atoms with van der Waals surface area (Å²) in [5, 5.41) is 8.57. The number of hydrogen-bond acceptors (Lipinski definition) is 3. The summed E-state index contributed by atoms with van der Waals surface area (Å²) >= 11 is 0. The van der Waals surface area contributed by atoms with Crippen molar-refractivity contribution in [3.8, 4) is 11.4 Å². The molecule has 0 fully saturated rings. The van der Waals surface area contributed by atoms with Crippen molar-refractivity contribution in [2.24, 2.45) is 0 Å². The largest absolute Gasteiger partial charge is 0.495 e. The van der Waals surface area contributed by atoms with E-state index in [1.54, 1.807) is 17.1 Å². The van der Waals surface area contributed by atoms with E-state index in [1.807, 2.05) is 6.92 Å². The highest BCUT2D eigenvalue weighted by Gasteiger charge is 2.11. The molecule has 0 saturated carbocycles. The summed E-state index contributed by atoms with van der Waals surface area (Å²) < 4.78 is 20.8. The fourth-order valence-electron chi connectivity index (χ4n) is 1.77. The first kappa shape index (κ1) is 13.8. The van der Waals surface area contributed by atoms with Crippen LogP contribution >= 0.6 is 0 Å². The molecule has 0 unspecified atom stereocenters. The van der Waals surface area contributed by atoms with Crippen molar-refractivity contribution in [3.05, 3.63) is 47.8 Å². The number of rotatable bonds is 4. The summed E-state index contributed by atoms with van der Waals surface area (Å²) in [5.41, 5.74) is 1.44. The molecule has 1 heterocycles. The number of aromatic nitrogens is 2. The van der Waals surface area contributed by atoms with Gasteiger partial charge in [0.25, 0.3) is 0 Å². The molecule has 0 aliphatic rings. The maximum atomic E-state index is 14.0. The van der Waals surface area contributed by atoms with Gasteiger partial charge in [-0.3, -0.25) is 0 Å². The van der Waals surface area contributed by atoms with E-state index >= 15 is 0 Å². The van der Waals surface area contributed by atoms with E-state index in [4.69, 9.17) is 9.84 Å². The molecule has 1 aromatic carbocycles. The lowest BCUT2D eigenvalue weighted by Gasteiger charge is -2.11. The van der Waals surface area contributed by atoms with Crippen LogP contribution in [0.2, 0.25) is 0 Å². The Labute approximate surface area is 114 Å². The van der Waals surface area contributed by atoms with Gasteiger partial charge in [-0.2, -0.15) is 0 Å². The maximum Gasteiger partial charge on any atom is 0.328 e. The van der Waals surface area contributed by atoms with Crippen LogP contribution in [0.5, 0.6) is 5.75 Å². The second-order valence-corrected chi connectivity index (χ2v) is 4.14. The van der Waals surface area contributed by atoms with Gasteiger partial charge in [0.05, 0.1) is 24.8 Å². The Balaban J connectivity index is 2.50. The molecule has 0 spiro atoms. The smallest absolute Gasteiger partial charge is 0.328 e. The van der Waals surface area contributed by atoms with Gasteiger partial charge in [0.2, 0.25) is 0 Å². The monoisotopic (exact) mass is 276 g/mol. The fourth-order valence-corrected chi connectivity index (χ4v) is 1.77. The van der Waals surface area contributed by atoms with E-state index in [9.17, 15) is 9.18 Å². The number of carboxylic acid groups (broad SMARTS) is 1. The van der Waals surface area contributed by atoms with Crippen molar-refractivity contribution in [3.63, 3.8) is 0 Å². The quantitative estimate of drug-likeness (QED) is 0.871. The van der Waals surface area contributed by atoms with Crippen LogP contribution in [0.4, 0.5) is 4.39 Å². The Morgan fingerprint density at radius 3 is 2.80 bits per heavy atom. The third kappa shape index (κ3) is 2.85. The topological polar surface area (TPSA) is 64.3 Å². The molecule has 0 aliphatic heterocycles. The third-order valence-corrected chi connectivity index (χ3v) is 2.69. The van der Waals surface area contributed by atoms with Crippen molar-refractivity contribution < 1.29 is 19.0 Å². The van der Waals surface area contributed by atoms with E-state index in [1.165, 1.54) is 25.3 Å². The van der Waals surface area contributed by atoms with Crippen LogP contribution in [0.1, 0.15) is 11.3 Å². The van der Waals surface area contributed by atoms with Gasteiger partial charge in [0.15, 0.2) is 0 Å². The van der Waals surface area contributed by atoms with Crippen LogP contribution < -0.4 is 4.74 Å². The minimum Gasteiger partial charge on any atom is -0.495 e. The molecule has 0 amide bonds. The van der Waals surface area contributed by atoms with Gasteiger partial charge in [-0.15, -0.1) is 0 Å². The number of methoxy groups -OCH3 is 1. The number of aliphatic carboxylic acids is 1. The molecule has 2 aromatic rings. The zero-order chi connectivity index (χ0) is 14.7. The van der Waals surface area contributed by atoms with Crippen molar-refractivity contribution in [2.75, 3.05) is 7.11 Å². The molecule has 5 nitrogen and oxygen atoms in total. The summed E-state index contributed by atoms with van der Waals surface area (Å²) in [6, 6.07) is 2.72. The summed E-state index contributed by atoms with van der Waals surface area (Å²) in [5.74, 6) is -1.25. The number of ether oxygens (including phenoxy) is 1. The van der Waals surface area contributed by atoms with Crippen LogP contribution in [0.25, 0.3) is 11.8 Å². The second kappa shape index (κ2) is 5.56. The van der Waals surface area contributed by atoms with Gasteiger partial charge in [-0.1, -0.05) is 0 Å². The van der Waals surface area contributed by atoms with Crippen LogP contribution in [-0.4, -0.2) is 27.7 Å². The summed E-state index contributed by atoms with van der Waals surface area (Å²) in [7, 11) is 1.46. The molecule has 104 valence electrons. The first-order valence-corrected chi connectivity index (χ1v) is 5.80. The maximum absolute atomic E-state index is 14.0. The zero-order valence-corrected chi connectivity index (χ0v) is 11.0. The average molecular weight is 276 g/mol. The predicted molar refractivity (Wildman–Crippen MR) is 71.5 cm³/mol. The molecule has 1 N–H and O–H groups in total. The standard InChI is InChI=1S/C14H13FN2O3/c1-9-7-17(8-16-9)12-6-11(15)10(3-4-14(18)19)5-13(12)20-2/h3-8H,1-2H3,(H,18,19). The van der Waals surface area contributed by atoms with Crippen molar-refractivity contribution >= 4 is 12.0 Å². The molecular weight excluding hydrogens is 263 g/mol. The molecular formula is C14H13FN2O3. The first-order valence-electron chi connectivity index (χ1n) is 5.80. The highest BCUT2D eigenvalue weighted by atomic mass is 19.1. The Bertz CT molecular complexity index is 677. The molecule has 0 bridgehead atoms. The number of imidazole rings is 1. The highest BCUT2D eigenvalue weighted by molar-refractivity contribution is 5.85. The second-order valence-electron chi connectivity index (χ2n) is 4.14. The Hall–Kier alpha value is -2.63. The lowest BCUT2D eigenvalue weighted by Crippen LogP contribution is -1.98. The Kier molecular flexibility index (Phi) is 3.84. The Morgan fingerprint density at radius 1 is 1.50 bits per heavy atom.